The summed E-state index contributed by atoms with van der Waals surface area (Å²) in [5, 5.41) is 11.1. The highest BCUT2D eigenvalue weighted by atomic mass is 16.5. The molecule has 1 aromatic rings. The molecular formula is C22H32N4O3. The number of hydrogen-bond acceptors (Lipinski definition) is 7. The third-order valence-corrected chi connectivity index (χ3v) is 5.12. The molecule has 2 heterocycles. The lowest BCUT2D eigenvalue weighted by atomic mass is 9.96. The Kier molecular flexibility index (Phi) is 7.28. The zero-order valence-electron chi connectivity index (χ0n) is 17.9. The van der Waals surface area contributed by atoms with E-state index in [0.29, 0.717) is 19.8 Å². The van der Waals surface area contributed by atoms with Crippen LogP contribution in [0.15, 0.2) is 47.2 Å². The first-order chi connectivity index (χ1) is 14.1. The van der Waals surface area contributed by atoms with Crippen LogP contribution in [-0.4, -0.2) is 60.8 Å². The second-order valence-electron chi connectivity index (χ2n) is 7.04. The summed E-state index contributed by atoms with van der Waals surface area (Å²) in [6.07, 6.45) is 2.52. The van der Waals surface area contributed by atoms with Crippen molar-refractivity contribution in [3.63, 3.8) is 0 Å². The lowest BCUT2D eigenvalue weighted by Gasteiger charge is -2.39. The number of ether oxygens (including phenoxy) is 2. The molecule has 0 N–H and O–H groups in total. The van der Waals surface area contributed by atoms with Crippen molar-refractivity contribution in [2.45, 2.75) is 40.3 Å². The number of esters is 1. The molecule has 0 aliphatic carbocycles. The average molecular weight is 401 g/mol. The molecule has 0 radical (unpaired) electrons. The zero-order chi connectivity index (χ0) is 20.8. The van der Waals surface area contributed by atoms with Gasteiger partial charge in [0.1, 0.15) is 12.1 Å². The SMILES string of the molecule is CCCO[C@@H]1[C@@H](C(=O)OCC)C2=NN(c3ccccc3)CC2=CN(CC)N1CC. The highest BCUT2D eigenvalue weighted by Gasteiger charge is 2.45. The first kappa shape index (κ1) is 21.3. The van der Waals surface area contributed by atoms with E-state index < -0.39 is 12.1 Å². The summed E-state index contributed by atoms with van der Waals surface area (Å²) in [5.41, 5.74) is 2.76. The Hall–Kier alpha value is -2.38. The Morgan fingerprint density at radius 2 is 1.90 bits per heavy atom. The van der Waals surface area contributed by atoms with Crippen LogP contribution in [0.1, 0.15) is 34.1 Å². The molecule has 2 aliphatic heterocycles. The van der Waals surface area contributed by atoms with E-state index in [1.54, 1.807) is 0 Å². The molecule has 3 rings (SSSR count). The minimum atomic E-state index is -0.599. The van der Waals surface area contributed by atoms with Crippen LogP contribution in [0.4, 0.5) is 5.69 Å². The summed E-state index contributed by atoms with van der Waals surface area (Å²) in [5.74, 6) is -0.887. The fourth-order valence-electron chi connectivity index (χ4n) is 3.81. The van der Waals surface area contributed by atoms with Crippen molar-refractivity contribution in [1.82, 2.24) is 10.0 Å². The van der Waals surface area contributed by atoms with E-state index >= 15 is 0 Å². The minimum absolute atomic E-state index is 0.287. The Balaban J connectivity index is 2.06. The number of nitrogens with zero attached hydrogens (tertiary/aromatic N) is 4. The standard InChI is InChI=1S/C22H32N4O3/c1-5-14-29-21-19(22(27)28-8-4)20-17(15-24(6-2)26(21)7-3)16-25(23-20)18-12-10-9-11-13-18/h9-13,15,19,21H,5-8,14,16H2,1-4H3/t19-,21+/m0/s1. The molecule has 2 aliphatic rings. The van der Waals surface area contributed by atoms with Crippen molar-refractivity contribution in [2.75, 3.05) is 37.9 Å². The van der Waals surface area contributed by atoms with Crippen LogP contribution in [0.3, 0.4) is 0 Å². The molecule has 7 heteroatoms. The van der Waals surface area contributed by atoms with Crippen LogP contribution in [0.2, 0.25) is 0 Å². The first-order valence-corrected chi connectivity index (χ1v) is 10.6. The minimum Gasteiger partial charge on any atom is -0.465 e. The summed E-state index contributed by atoms with van der Waals surface area (Å²) < 4.78 is 11.7. The molecule has 158 valence electrons. The maximum atomic E-state index is 13.1. The molecule has 1 aromatic carbocycles. The maximum absolute atomic E-state index is 13.1. The molecule has 0 bridgehead atoms. The van der Waals surface area contributed by atoms with E-state index in [2.05, 4.69) is 37.0 Å². The molecule has 0 amide bonds. The van der Waals surface area contributed by atoms with Crippen LogP contribution >= 0.6 is 0 Å². The third-order valence-electron chi connectivity index (χ3n) is 5.12. The third kappa shape index (κ3) is 4.46. The number of hydrazine groups is 1. The van der Waals surface area contributed by atoms with E-state index in [9.17, 15) is 4.79 Å². The number of hydrogen-bond donors (Lipinski definition) is 0. The van der Waals surface area contributed by atoms with Gasteiger partial charge in [0.2, 0.25) is 0 Å². The van der Waals surface area contributed by atoms with Gasteiger partial charge in [-0.3, -0.25) is 9.80 Å². The van der Waals surface area contributed by atoms with Gasteiger partial charge in [0.25, 0.3) is 0 Å². The number of para-hydroxylation sites is 1. The lowest BCUT2D eigenvalue weighted by Crippen LogP contribution is -2.53. The molecule has 0 spiro atoms. The highest BCUT2D eigenvalue weighted by molar-refractivity contribution is 6.14. The van der Waals surface area contributed by atoms with Crippen molar-refractivity contribution in [3.05, 3.63) is 42.1 Å². The molecule has 29 heavy (non-hydrogen) atoms. The molecule has 0 saturated carbocycles. The second-order valence-corrected chi connectivity index (χ2v) is 7.04. The number of carbonyl (C=O) groups excluding carboxylic acids is 1. The quantitative estimate of drug-likeness (QED) is 0.625. The van der Waals surface area contributed by atoms with Crippen molar-refractivity contribution in [3.8, 4) is 0 Å². The van der Waals surface area contributed by atoms with E-state index in [0.717, 1.165) is 36.5 Å². The first-order valence-electron chi connectivity index (χ1n) is 10.6. The Bertz CT molecular complexity index is 750. The topological polar surface area (TPSA) is 57.6 Å². The van der Waals surface area contributed by atoms with Crippen LogP contribution < -0.4 is 5.01 Å². The Morgan fingerprint density at radius 3 is 2.52 bits per heavy atom. The average Bonchev–Trinajstić information content (AvgIpc) is 3.10. The van der Waals surface area contributed by atoms with Gasteiger partial charge in [0, 0.05) is 31.5 Å². The van der Waals surface area contributed by atoms with Crippen molar-refractivity contribution < 1.29 is 14.3 Å². The Labute approximate surface area is 173 Å². The zero-order valence-corrected chi connectivity index (χ0v) is 17.9. The summed E-state index contributed by atoms with van der Waals surface area (Å²) in [6, 6.07) is 10.0. The van der Waals surface area contributed by atoms with Gasteiger partial charge in [-0.25, -0.2) is 0 Å². The van der Waals surface area contributed by atoms with Crippen LogP contribution in [-0.2, 0) is 14.3 Å². The fourth-order valence-corrected chi connectivity index (χ4v) is 3.81. The van der Waals surface area contributed by atoms with Crippen molar-refractivity contribution >= 4 is 17.4 Å². The summed E-state index contributed by atoms with van der Waals surface area (Å²) in [4.78, 5) is 13.1. The predicted molar refractivity (Wildman–Crippen MR) is 114 cm³/mol. The molecule has 0 aromatic heterocycles. The largest absolute Gasteiger partial charge is 0.465 e. The highest BCUT2D eigenvalue weighted by Crippen LogP contribution is 2.32. The number of hydrazone groups is 1. The second kappa shape index (κ2) is 9.89. The molecular weight excluding hydrogens is 368 g/mol. The number of rotatable bonds is 8. The van der Waals surface area contributed by atoms with Gasteiger partial charge in [-0.15, -0.1) is 0 Å². The van der Waals surface area contributed by atoms with Gasteiger partial charge in [-0.05, 0) is 32.4 Å². The monoisotopic (exact) mass is 400 g/mol. The van der Waals surface area contributed by atoms with E-state index in [1.165, 1.54) is 0 Å². The Morgan fingerprint density at radius 1 is 1.14 bits per heavy atom. The van der Waals surface area contributed by atoms with E-state index in [-0.39, 0.29) is 5.97 Å². The van der Waals surface area contributed by atoms with E-state index in [4.69, 9.17) is 14.6 Å². The van der Waals surface area contributed by atoms with Gasteiger partial charge in [-0.1, -0.05) is 32.0 Å². The lowest BCUT2D eigenvalue weighted by molar-refractivity contribution is -0.177. The molecule has 0 fully saturated rings. The molecule has 2 atom stereocenters. The van der Waals surface area contributed by atoms with Gasteiger partial charge < -0.3 is 14.5 Å². The molecule has 7 nitrogen and oxygen atoms in total. The van der Waals surface area contributed by atoms with Gasteiger partial charge in [0.05, 0.1) is 24.6 Å². The fraction of sp³-hybridized carbons (Fsp3) is 0.545. The van der Waals surface area contributed by atoms with Crippen LogP contribution in [0.25, 0.3) is 0 Å². The van der Waals surface area contributed by atoms with E-state index in [1.807, 2.05) is 42.3 Å². The maximum Gasteiger partial charge on any atom is 0.319 e. The molecule has 0 saturated heterocycles. The summed E-state index contributed by atoms with van der Waals surface area (Å²) >= 11 is 0. The van der Waals surface area contributed by atoms with Gasteiger partial charge >= 0.3 is 5.97 Å². The van der Waals surface area contributed by atoms with Crippen molar-refractivity contribution in [2.24, 2.45) is 11.0 Å². The predicted octanol–water partition coefficient (Wildman–Crippen LogP) is 3.25. The number of fused-ring (bicyclic) bond motifs is 1. The summed E-state index contributed by atoms with van der Waals surface area (Å²) in [7, 11) is 0. The van der Waals surface area contributed by atoms with Crippen molar-refractivity contribution in [1.29, 1.82) is 0 Å². The summed E-state index contributed by atoms with van der Waals surface area (Å²) in [6.45, 7) is 11.1. The smallest absolute Gasteiger partial charge is 0.319 e. The number of benzene rings is 1. The van der Waals surface area contributed by atoms with Gasteiger partial charge in [0.15, 0.2) is 0 Å². The number of carbonyl (C=O) groups is 1. The van der Waals surface area contributed by atoms with Crippen LogP contribution in [0, 0.1) is 5.92 Å². The van der Waals surface area contributed by atoms with Crippen LogP contribution in [0.5, 0.6) is 0 Å². The number of anilines is 1. The van der Waals surface area contributed by atoms with Gasteiger partial charge in [-0.2, -0.15) is 10.1 Å². The normalized spacial score (nSPS) is 22.1. The molecule has 0 unspecified atom stereocenters.